The van der Waals surface area contributed by atoms with Gasteiger partial charge in [-0.15, -0.1) is 0 Å². The van der Waals surface area contributed by atoms with Gasteiger partial charge in [-0.05, 0) is 69.1 Å². The first-order chi connectivity index (χ1) is 16.7. The lowest BCUT2D eigenvalue weighted by molar-refractivity contribution is -0.116. The van der Waals surface area contributed by atoms with Crippen molar-refractivity contribution >= 4 is 12.0 Å². The average molecular weight is 486 g/mol. The van der Waals surface area contributed by atoms with E-state index >= 15 is 0 Å². The van der Waals surface area contributed by atoms with E-state index < -0.39 is 11.8 Å². The molecule has 1 aliphatic heterocycles. The van der Waals surface area contributed by atoms with Gasteiger partial charge in [-0.1, -0.05) is 58.1 Å². The minimum atomic E-state index is -0.899. The Hall–Kier alpha value is -2.41. The summed E-state index contributed by atoms with van der Waals surface area (Å²) in [5.74, 6) is 1.11. The van der Waals surface area contributed by atoms with Crippen LogP contribution < -0.4 is 5.32 Å². The highest BCUT2D eigenvalue weighted by molar-refractivity contribution is 5.87. The van der Waals surface area contributed by atoms with Gasteiger partial charge in [-0.2, -0.15) is 0 Å². The zero-order valence-corrected chi connectivity index (χ0v) is 21.8. The van der Waals surface area contributed by atoms with E-state index in [0.29, 0.717) is 24.3 Å². The molecule has 194 valence electrons. The summed E-state index contributed by atoms with van der Waals surface area (Å²) in [5, 5.41) is 12.9. The van der Waals surface area contributed by atoms with Crippen LogP contribution in [0, 0.1) is 17.8 Å². The number of carbonyl (C=O) groups is 2. The lowest BCUT2D eigenvalue weighted by atomic mass is 9.80. The predicted molar refractivity (Wildman–Crippen MR) is 137 cm³/mol. The van der Waals surface area contributed by atoms with Gasteiger partial charge in [0.2, 0.25) is 5.91 Å². The van der Waals surface area contributed by atoms with Gasteiger partial charge in [0, 0.05) is 6.20 Å². The van der Waals surface area contributed by atoms with Crippen LogP contribution in [0.4, 0.5) is 4.79 Å². The van der Waals surface area contributed by atoms with Crippen molar-refractivity contribution in [3.05, 3.63) is 42.2 Å². The number of nitrogens with one attached hydrogen (secondary N) is 1. The van der Waals surface area contributed by atoms with Crippen LogP contribution in [0.15, 0.2) is 36.5 Å². The topological polar surface area (TPSA) is 91.8 Å². The zero-order chi connectivity index (χ0) is 25.4. The smallest absolute Gasteiger partial charge is 0.409 e. The maximum absolute atomic E-state index is 12.3. The molecule has 0 spiro atoms. The molecule has 2 fully saturated rings. The van der Waals surface area contributed by atoms with Crippen molar-refractivity contribution < 1.29 is 19.4 Å². The third-order valence-corrected chi connectivity index (χ3v) is 7.64. The Morgan fingerprint density at radius 3 is 2.63 bits per heavy atom. The minimum absolute atomic E-state index is 0.127. The van der Waals surface area contributed by atoms with Crippen LogP contribution in [0.2, 0.25) is 0 Å². The maximum Gasteiger partial charge on any atom is 0.409 e. The Morgan fingerprint density at radius 2 is 2.00 bits per heavy atom. The van der Waals surface area contributed by atoms with Gasteiger partial charge in [0.05, 0.1) is 24.4 Å². The number of hydrogen-bond donors (Lipinski definition) is 2. The summed E-state index contributed by atoms with van der Waals surface area (Å²) in [4.78, 5) is 30.3. The van der Waals surface area contributed by atoms with Gasteiger partial charge >= 0.3 is 6.09 Å². The number of ether oxygens (including phenoxy) is 1. The van der Waals surface area contributed by atoms with E-state index in [1.165, 1.54) is 32.1 Å². The lowest BCUT2D eigenvalue weighted by Crippen LogP contribution is -2.48. The van der Waals surface area contributed by atoms with Crippen molar-refractivity contribution in [2.75, 3.05) is 0 Å². The van der Waals surface area contributed by atoms with E-state index in [9.17, 15) is 14.7 Å². The molecule has 0 unspecified atom stereocenters. The number of carbonyl (C=O) groups excluding carboxylic acids is 1. The standard InChI is InChI=1S/C28H43N3O4/c1-20(2)22(13-10-15-26(32)30-19-23-14-8-9-16-29-23)18-25-24(17-21-11-6-5-7-12-21)31(27(33)34)28(3,4)35-25/h8-10,14-16,20-22,24-25H,5-7,11-13,17-19H2,1-4H3,(H,30,32)(H,33,34)/t22-,24-,25-/m0/s1. The monoisotopic (exact) mass is 485 g/mol. The fourth-order valence-electron chi connectivity index (χ4n) is 5.70. The number of pyridine rings is 1. The molecule has 0 bridgehead atoms. The average Bonchev–Trinajstić information content (AvgIpc) is 3.07. The van der Waals surface area contributed by atoms with E-state index in [4.69, 9.17) is 4.74 Å². The number of allylic oxidation sites excluding steroid dienone is 1. The molecule has 2 N–H and O–H groups in total. The number of nitrogens with zero attached hydrogens (tertiary/aromatic N) is 2. The Kier molecular flexibility index (Phi) is 9.72. The van der Waals surface area contributed by atoms with E-state index in [2.05, 4.69) is 24.1 Å². The molecule has 7 nitrogen and oxygen atoms in total. The van der Waals surface area contributed by atoms with Crippen molar-refractivity contribution in [2.45, 2.75) is 103 Å². The van der Waals surface area contributed by atoms with Gasteiger partial charge < -0.3 is 15.2 Å². The van der Waals surface area contributed by atoms with E-state index in [1.807, 2.05) is 38.1 Å². The number of carboxylic acid groups (broad SMARTS) is 1. The van der Waals surface area contributed by atoms with Gasteiger partial charge in [0.1, 0.15) is 5.72 Å². The molecule has 7 heteroatoms. The Morgan fingerprint density at radius 1 is 1.26 bits per heavy atom. The van der Waals surface area contributed by atoms with Crippen LogP contribution >= 0.6 is 0 Å². The molecular weight excluding hydrogens is 442 g/mol. The quantitative estimate of drug-likeness (QED) is 0.411. The SMILES string of the molecule is CC(C)[C@@H](CC=CC(=O)NCc1ccccn1)C[C@@H]1OC(C)(C)N(C(=O)O)[C@H]1CC1CCCCC1. The molecule has 2 amide bonds. The summed E-state index contributed by atoms with van der Waals surface area (Å²) < 4.78 is 6.41. The summed E-state index contributed by atoms with van der Waals surface area (Å²) in [7, 11) is 0. The molecule has 1 aromatic rings. The molecule has 3 atom stereocenters. The molecule has 2 aliphatic rings. The fraction of sp³-hybridized carbons (Fsp3) is 0.679. The van der Waals surface area contributed by atoms with E-state index in [-0.39, 0.29) is 18.1 Å². The van der Waals surface area contributed by atoms with E-state index in [1.54, 1.807) is 17.2 Å². The van der Waals surface area contributed by atoms with Crippen molar-refractivity contribution in [1.82, 2.24) is 15.2 Å². The number of amides is 2. The minimum Gasteiger partial charge on any atom is -0.465 e. The first kappa shape index (κ1) is 27.2. The highest BCUT2D eigenvalue weighted by Gasteiger charge is 2.50. The maximum atomic E-state index is 12.3. The van der Waals surface area contributed by atoms with Crippen molar-refractivity contribution in [1.29, 1.82) is 0 Å². The van der Waals surface area contributed by atoms with E-state index in [0.717, 1.165) is 25.0 Å². The summed E-state index contributed by atoms with van der Waals surface area (Å²) in [6.45, 7) is 8.50. The van der Waals surface area contributed by atoms with Gasteiger partial charge in [-0.25, -0.2) is 4.79 Å². The molecular formula is C28H43N3O4. The number of hydrogen-bond acceptors (Lipinski definition) is 4. The predicted octanol–water partition coefficient (Wildman–Crippen LogP) is 5.76. The van der Waals surface area contributed by atoms with Gasteiger partial charge in [0.15, 0.2) is 0 Å². The highest BCUT2D eigenvalue weighted by Crippen LogP contribution is 2.41. The molecule has 1 saturated heterocycles. The third-order valence-electron chi connectivity index (χ3n) is 7.64. The summed E-state index contributed by atoms with van der Waals surface area (Å²) in [5.41, 5.74) is -0.0132. The molecule has 3 rings (SSSR count). The first-order valence-corrected chi connectivity index (χ1v) is 13.2. The van der Waals surface area contributed by atoms with Crippen LogP contribution in [-0.2, 0) is 16.1 Å². The van der Waals surface area contributed by atoms with Crippen LogP contribution in [0.25, 0.3) is 0 Å². The summed E-state index contributed by atoms with van der Waals surface area (Å²) in [6, 6.07) is 5.50. The van der Waals surface area contributed by atoms with Crippen LogP contribution in [0.1, 0.15) is 84.8 Å². The lowest BCUT2D eigenvalue weighted by Gasteiger charge is -2.34. The Bertz CT molecular complexity index is 849. The van der Waals surface area contributed by atoms with Crippen LogP contribution in [0.5, 0.6) is 0 Å². The molecule has 1 aromatic heterocycles. The number of rotatable bonds is 10. The van der Waals surface area contributed by atoms with Crippen molar-refractivity contribution in [3.8, 4) is 0 Å². The zero-order valence-electron chi connectivity index (χ0n) is 21.8. The second kappa shape index (κ2) is 12.5. The van der Waals surface area contributed by atoms with Crippen molar-refractivity contribution in [3.63, 3.8) is 0 Å². The second-order valence-electron chi connectivity index (χ2n) is 11.0. The molecule has 0 radical (unpaired) electrons. The third kappa shape index (κ3) is 7.79. The first-order valence-electron chi connectivity index (χ1n) is 13.2. The molecule has 35 heavy (non-hydrogen) atoms. The second-order valence-corrected chi connectivity index (χ2v) is 11.0. The normalized spacial score (nSPS) is 23.6. The Labute approximate surface area is 210 Å². The molecule has 1 aliphatic carbocycles. The van der Waals surface area contributed by atoms with Crippen LogP contribution in [0.3, 0.4) is 0 Å². The van der Waals surface area contributed by atoms with Crippen molar-refractivity contribution in [2.24, 2.45) is 17.8 Å². The summed E-state index contributed by atoms with van der Waals surface area (Å²) >= 11 is 0. The molecule has 0 aromatic carbocycles. The molecule has 2 heterocycles. The molecule has 1 saturated carbocycles. The summed E-state index contributed by atoms with van der Waals surface area (Å²) in [6.07, 6.45) is 12.7. The van der Waals surface area contributed by atoms with Crippen LogP contribution in [-0.4, -0.2) is 44.9 Å². The highest BCUT2D eigenvalue weighted by atomic mass is 16.6. The van der Waals surface area contributed by atoms with Gasteiger partial charge in [0.25, 0.3) is 0 Å². The largest absolute Gasteiger partial charge is 0.465 e. The van der Waals surface area contributed by atoms with Gasteiger partial charge in [-0.3, -0.25) is 14.7 Å². The fourth-order valence-corrected chi connectivity index (χ4v) is 5.70. The number of aromatic nitrogens is 1. The Balaban J connectivity index is 1.62.